The number of pyridine rings is 1. The van der Waals surface area contributed by atoms with Crippen LogP contribution >= 0.6 is 0 Å². The molecule has 0 radical (unpaired) electrons. The molecule has 3 rings (SSSR count). The summed E-state index contributed by atoms with van der Waals surface area (Å²) in [5.74, 6) is 0. The molecule has 1 aliphatic heterocycles. The third-order valence-corrected chi connectivity index (χ3v) is 2.67. The maximum absolute atomic E-state index is 5.57. The zero-order valence-corrected chi connectivity index (χ0v) is 8.31. The summed E-state index contributed by atoms with van der Waals surface area (Å²) in [6.45, 7) is 1.66. The Morgan fingerprint density at radius 1 is 1.27 bits per heavy atom. The monoisotopic (exact) mass is 200 g/mol. The van der Waals surface area contributed by atoms with Crippen LogP contribution in [0.15, 0.2) is 36.5 Å². The van der Waals surface area contributed by atoms with E-state index in [1.165, 1.54) is 10.8 Å². The second-order valence-electron chi connectivity index (χ2n) is 3.62. The maximum Gasteiger partial charge on any atom is 0.152 e. The Morgan fingerprint density at radius 2 is 2.20 bits per heavy atom. The highest BCUT2D eigenvalue weighted by Gasteiger charge is 2.19. The number of hydrogen-bond acceptors (Lipinski definition) is 3. The highest BCUT2D eigenvalue weighted by atomic mass is 16.5. The molecule has 1 aromatic carbocycles. The lowest BCUT2D eigenvalue weighted by molar-refractivity contribution is 0.0998. The van der Waals surface area contributed by atoms with Gasteiger partial charge in [0.25, 0.3) is 0 Å². The van der Waals surface area contributed by atoms with Gasteiger partial charge in [0.05, 0.1) is 12.3 Å². The van der Waals surface area contributed by atoms with Crippen LogP contribution in [-0.4, -0.2) is 18.1 Å². The molecular formula is C12H12N2O. The van der Waals surface area contributed by atoms with Crippen LogP contribution < -0.4 is 5.32 Å². The summed E-state index contributed by atoms with van der Waals surface area (Å²) in [6.07, 6.45) is 1.79. The van der Waals surface area contributed by atoms with Gasteiger partial charge in [-0.1, -0.05) is 24.3 Å². The smallest absolute Gasteiger partial charge is 0.152 e. The number of nitrogens with zero attached hydrogens (tertiary/aromatic N) is 1. The molecule has 1 saturated heterocycles. The highest BCUT2D eigenvalue weighted by Crippen LogP contribution is 2.24. The van der Waals surface area contributed by atoms with Crippen LogP contribution in [0.5, 0.6) is 0 Å². The van der Waals surface area contributed by atoms with Gasteiger partial charge in [-0.3, -0.25) is 10.3 Å². The normalized spacial score (nSPS) is 20.9. The van der Waals surface area contributed by atoms with E-state index in [9.17, 15) is 0 Å². The van der Waals surface area contributed by atoms with Crippen molar-refractivity contribution in [3.8, 4) is 0 Å². The number of nitrogens with one attached hydrogen (secondary N) is 1. The molecule has 2 aromatic rings. The molecule has 0 spiro atoms. The third-order valence-electron chi connectivity index (χ3n) is 2.67. The molecule has 3 nitrogen and oxygen atoms in total. The van der Waals surface area contributed by atoms with Crippen LogP contribution in [0.1, 0.15) is 11.9 Å². The van der Waals surface area contributed by atoms with Crippen molar-refractivity contribution in [1.82, 2.24) is 10.3 Å². The topological polar surface area (TPSA) is 34.1 Å². The number of ether oxygens (including phenoxy) is 1. The van der Waals surface area contributed by atoms with E-state index in [0.29, 0.717) is 0 Å². The van der Waals surface area contributed by atoms with Gasteiger partial charge in [-0.2, -0.15) is 0 Å². The van der Waals surface area contributed by atoms with E-state index < -0.39 is 0 Å². The first kappa shape index (κ1) is 8.83. The Balaban J connectivity index is 2.16. The lowest BCUT2D eigenvalue weighted by Crippen LogP contribution is -2.15. The summed E-state index contributed by atoms with van der Waals surface area (Å²) < 4.78 is 5.57. The minimum atomic E-state index is -0.0453. The van der Waals surface area contributed by atoms with E-state index in [1.54, 1.807) is 0 Å². The molecule has 1 fully saturated rings. The van der Waals surface area contributed by atoms with Gasteiger partial charge in [0.2, 0.25) is 0 Å². The number of aromatic nitrogens is 1. The number of benzene rings is 1. The van der Waals surface area contributed by atoms with Crippen molar-refractivity contribution in [1.29, 1.82) is 0 Å². The molecule has 1 unspecified atom stereocenters. The molecule has 0 amide bonds. The maximum atomic E-state index is 5.57. The molecule has 76 valence electrons. The SMILES string of the molecule is c1ccc2c(C3NCCO3)nccc2c1. The van der Waals surface area contributed by atoms with Crippen molar-refractivity contribution in [2.45, 2.75) is 6.23 Å². The molecule has 0 saturated carbocycles. The van der Waals surface area contributed by atoms with E-state index in [1.807, 2.05) is 24.4 Å². The molecule has 3 heteroatoms. The number of rotatable bonds is 1. The molecule has 1 N–H and O–H groups in total. The fourth-order valence-corrected chi connectivity index (χ4v) is 1.95. The predicted molar refractivity (Wildman–Crippen MR) is 58.4 cm³/mol. The summed E-state index contributed by atoms with van der Waals surface area (Å²) >= 11 is 0. The van der Waals surface area contributed by atoms with Crippen molar-refractivity contribution in [3.63, 3.8) is 0 Å². The van der Waals surface area contributed by atoms with Crippen LogP contribution in [0.4, 0.5) is 0 Å². The van der Waals surface area contributed by atoms with E-state index in [-0.39, 0.29) is 6.23 Å². The molecule has 1 aliphatic rings. The fourth-order valence-electron chi connectivity index (χ4n) is 1.95. The van der Waals surface area contributed by atoms with Crippen LogP contribution in [0.3, 0.4) is 0 Å². The Bertz CT molecular complexity index is 473. The first-order chi connectivity index (χ1) is 7.45. The summed E-state index contributed by atoms with van der Waals surface area (Å²) in [5.41, 5.74) is 0.991. The van der Waals surface area contributed by atoms with Crippen LogP contribution in [-0.2, 0) is 4.74 Å². The zero-order valence-electron chi connectivity index (χ0n) is 8.31. The Labute approximate surface area is 88.1 Å². The van der Waals surface area contributed by atoms with Gasteiger partial charge >= 0.3 is 0 Å². The average molecular weight is 200 g/mol. The summed E-state index contributed by atoms with van der Waals surface area (Å²) in [6, 6.07) is 10.3. The van der Waals surface area contributed by atoms with Crippen molar-refractivity contribution < 1.29 is 4.74 Å². The van der Waals surface area contributed by atoms with Gasteiger partial charge < -0.3 is 4.74 Å². The first-order valence-corrected chi connectivity index (χ1v) is 5.14. The van der Waals surface area contributed by atoms with Gasteiger partial charge in [0.15, 0.2) is 6.23 Å². The number of fused-ring (bicyclic) bond motifs is 1. The van der Waals surface area contributed by atoms with Crippen LogP contribution in [0.25, 0.3) is 10.8 Å². The predicted octanol–water partition coefficient (Wildman–Crippen LogP) is 1.85. The molecule has 15 heavy (non-hydrogen) atoms. The summed E-state index contributed by atoms with van der Waals surface area (Å²) in [5, 5.41) is 5.65. The molecule has 0 aliphatic carbocycles. The zero-order chi connectivity index (χ0) is 10.1. The van der Waals surface area contributed by atoms with Crippen LogP contribution in [0.2, 0.25) is 0 Å². The highest BCUT2D eigenvalue weighted by molar-refractivity contribution is 5.84. The number of hydrogen-bond donors (Lipinski definition) is 1. The molecule has 2 heterocycles. The molecule has 1 aromatic heterocycles. The molecule has 0 bridgehead atoms. The van der Waals surface area contributed by atoms with Gasteiger partial charge in [-0.15, -0.1) is 0 Å². The van der Waals surface area contributed by atoms with E-state index in [2.05, 4.69) is 22.4 Å². The quantitative estimate of drug-likeness (QED) is 0.762. The van der Waals surface area contributed by atoms with E-state index in [0.717, 1.165) is 18.8 Å². The van der Waals surface area contributed by atoms with Gasteiger partial charge in [0.1, 0.15) is 0 Å². The average Bonchev–Trinajstić information content (AvgIpc) is 2.82. The third kappa shape index (κ3) is 1.50. The Hall–Kier alpha value is -1.45. The van der Waals surface area contributed by atoms with Gasteiger partial charge in [0, 0.05) is 18.1 Å². The minimum absolute atomic E-state index is 0.0453. The Morgan fingerprint density at radius 3 is 3.07 bits per heavy atom. The second kappa shape index (κ2) is 3.61. The van der Waals surface area contributed by atoms with Crippen molar-refractivity contribution in [2.75, 3.05) is 13.2 Å². The van der Waals surface area contributed by atoms with Crippen molar-refractivity contribution in [2.24, 2.45) is 0 Å². The first-order valence-electron chi connectivity index (χ1n) is 5.14. The Kier molecular flexibility index (Phi) is 2.12. The standard InChI is InChI=1S/C12H12N2O/c1-2-4-10-9(3-1)5-6-13-11(10)12-14-7-8-15-12/h1-6,12,14H,7-8H2. The van der Waals surface area contributed by atoms with Gasteiger partial charge in [-0.25, -0.2) is 0 Å². The van der Waals surface area contributed by atoms with E-state index >= 15 is 0 Å². The largest absolute Gasteiger partial charge is 0.356 e. The van der Waals surface area contributed by atoms with E-state index in [4.69, 9.17) is 4.74 Å². The fraction of sp³-hybridized carbons (Fsp3) is 0.250. The van der Waals surface area contributed by atoms with Gasteiger partial charge in [-0.05, 0) is 11.5 Å². The molecule has 1 atom stereocenters. The summed E-state index contributed by atoms with van der Waals surface area (Å²) in [7, 11) is 0. The van der Waals surface area contributed by atoms with Crippen molar-refractivity contribution >= 4 is 10.8 Å². The lowest BCUT2D eigenvalue weighted by atomic mass is 10.1. The minimum Gasteiger partial charge on any atom is -0.356 e. The lowest BCUT2D eigenvalue weighted by Gasteiger charge is -2.11. The summed E-state index contributed by atoms with van der Waals surface area (Å²) in [4.78, 5) is 4.40. The molecular weight excluding hydrogens is 188 g/mol. The van der Waals surface area contributed by atoms with Crippen LogP contribution in [0, 0.1) is 0 Å². The van der Waals surface area contributed by atoms with Crippen molar-refractivity contribution in [3.05, 3.63) is 42.2 Å². The second-order valence-corrected chi connectivity index (χ2v) is 3.62.